The lowest BCUT2D eigenvalue weighted by atomic mass is 9.98. The van der Waals surface area contributed by atoms with E-state index in [2.05, 4.69) is 4.74 Å². The molecular formula is C11H23NO3. The topological polar surface area (TPSA) is 61.5 Å². The van der Waals surface area contributed by atoms with Gasteiger partial charge in [-0.1, -0.05) is 0 Å². The average molecular weight is 217 g/mol. The standard InChI is InChI=1S/C11H23NO3/c1-10(2,3)15-8-6-7-11(4,12)9(13)14-5/h6-8,12H2,1-5H3. The Hall–Kier alpha value is -0.610. The monoisotopic (exact) mass is 217 g/mol. The van der Waals surface area contributed by atoms with Gasteiger partial charge in [0, 0.05) is 6.61 Å². The first-order chi connectivity index (χ1) is 6.69. The maximum absolute atomic E-state index is 11.2. The molecule has 0 saturated heterocycles. The van der Waals surface area contributed by atoms with Gasteiger partial charge in [-0.25, -0.2) is 0 Å². The molecule has 0 aromatic rings. The number of rotatable bonds is 5. The third-order valence-electron chi connectivity index (χ3n) is 2.03. The summed E-state index contributed by atoms with van der Waals surface area (Å²) in [5.74, 6) is -0.377. The first-order valence-corrected chi connectivity index (χ1v) is 5.20. The molecule has 0 amide bonds. The maximum atomic E-state index is 11.2. The van der Waals surface area contributed by atoms with E-state index in [0.717, 1.165) is 6.42 Å². The highest BCUT2D eigenvalue weighted by Crippen LogP contribution is 2.13. The fourth-order valence-electron chi connectivity index (χ4n) is 1.15. The quantitative estimate of drug-likeness (QED) is 0.559. The van der Waals surface area contributed by atoms with Crippen molar-refractivity contribution in [2.24, 2.45) is 5.73 Å². The summed E-state index contributed by atoms with van der Waals surface area (Å²) in [6, 6.07) is 0. The Morgan fingerprint density at radius 1 is 1.27 bits per heavy atom. The first kappa shape index (κ1) is 14.4. The lowest BCUT2D eigenvalue weighted by Gasteiger charge is -2.23. The summed E-state index contributed by atoms with van der Waals surface area (Å²) >= 11 is 0. The molecule has 4 nitrogen and oxygen atoms in total. The molecule has 1 unspecified atom stereocenters. The van der Waals surface area contributed by atoms with Crippen LogP contribution in [0.5, 0.6) is 0 Å². The van der Waals surface area contributed by atoms with Crippen molar-refractivity contribution >= 4 is 5.97 Å². The fraction of sp³-hybridized carbons (Fsp3) is 0.909. The van der Waals surface area contributed by atoms with Crippen LogP contribution in [0.3, 0.4) is 0 Å². The van der Waals surface area contributed by atoms with E-state index in [1.54, 1.807) is 6.92 Å². The van der Waals surface area contributed by atoms with Gasteiger partial charge in [0.25, 0.3) is 0 Å². The summed E-state index contributed by atoms with van der Waals surface area (Å²) in [4.78, 5) is 11.2. The van der Waals surface area contributed by atoms with Crippen LogP contribution in [-0.2, 0) is 14.3 Å². The number of carbonyl (C=O) groups excluding carboxylic acids is 1. The van der Waals surface area contributed by atoms with Gasteiger partial charge in [0.15, 0.2) is 0 Å². The molecule has 15 heavy (non-hydrogen) atoms. The van der Waals surface area contributed by atoms with Gasteiger partial charge in [-0.15, -0.1) is 0 Å². The van der Waals surface area contributed by atoms with Gasteiger partial charge in [-0.2, -0.15) is 0 Å². The summed E-state index contributed by atoms with van der Waals surface area (Å²) in [5, 5.41) is 0. The Balaban J connectivity index is 3.81. The third kappa shape index (κ3) is 6.47. The molecule has 0 fully saturated rings. The fourth-order valence-corrected chi connectivity index (χ4v) is 1.15. The number of methoxy groups -OCH3 is 1. The van der Waals surface area contributed by atoms with Crippen molar-refractivity contribution in [1.29, 1.82) is 0 Å². The van der Waals surface area contributed by atoms with E-state index in [-0.39, 0.29) is 11.6 Å². The molecule has 0 aromatic heterocycles. The van der Waals surface area contributed by atoms with Crippen molar-refractivity contribution in [3.63, 3.8) is 0 Å². The number of nitrogens with two attached hydrogens (primary N) is 1. The van der Waals surface area contributed by atoms with Crippen LogP contribution in [0.25, 0.3) is 0 Å². The van der Waals surface area contributed by atoms with Gasteiger partial charge >= 0.3 is 5.97 Å². The van der Waals surface area contributed by atoms with E-state index in [1.807, 2.05) is 20.8 Å². The summed E-state index contributed by atoms with van der Waals surface area (Å²) in [6.07, 6.45) is 1.31. The van der Waals surface area contributed by atoms with E-state index < -0.39 is 5.54 Å². The zero-order valence-electron chi connectivity index (χ0n) is 10.4. The highest BCUT2D eigenvalue weighted by Gasteiger charge is 2.28. The van der Waals surface area contributed by atoms with Crippen molar-refractivity contribution in [2.45, 2.75) is 51.7 Å². The second-order valence-electron chi connectivity index (χ2n) is 4.97. The van der Waals surface area contributed by atoms with E-state index in [4.69, 9.17) is 10.5 Å². The number of ether oxygens (including phenoxy) is 2. The minimum absolute atomic E-state index is 0.143. The lowest BCUT2D eigenvalue weighted by Crippen LogP contribution is -2.45. The van der Waals surface area contributed by atoms with Gasteiger partial charge in [0.2, 0.25) is 0 Å². The Morgan fingerprint density at radius 2 is 1.80 bits per heavy atom. The highest BCUT2D eigenvalue weighted by atomic mass is 16.5. The van der Waals surface area contributed by atoms with Crippen LogP contribution >= 0.6 is 0 Å². The number of esters is 1. The van der Waals surface area contributed by atoms with Crippen molar-refractivity contribution in [3.05, 3.63) is 0 Å². The van der Waals surface area contributed by atoms with Crippen molar-refractivity contribution in [2.75, 3.05) is 13.7 Å². The predicted octanol–water partition coefficient (Wildman–Crippen LogP) is 1.47. The molecule has 0 aromatic carbocycles. The Morgan fingerprint density at radius 3 is 2.20 bits per heavy atom. The molecule has 0 aliphatic heterocycles. The minimum atomic E-state index is -0.907. The molecular weight excluding hydrogens is 194 g/mol. The molecule has 0 bridgehead atoms. The van der Waals surface area contributed by atoms with Crippen LogP contribution < -0.4 is 5.73 Å². The van der Waals surface area contributed by atoms with Gasteiger partial charge in [0.1, 0.15) is 5.54 Å². The average Bonchev–Trinajstić information content (AvgIpc) is 2.09. The summed E-state index contributed by atoms with van der Waals surface area (Å²) < 4.78 is 10.1. The van der Waals surface area contributed by atoms with Crippen molar-refractivity contribution in [3.8, 4) is 0 Å². The predicted molar refractivity (Wildman–Crippen MR) is 59.5 cm³/mol. The summed E-state index contributed by atoms with van der Waals surface area (Å²) in [5.41, 5.74) is 4.74. The van der Waals surface area contributed by atoms with Crippen molar-refractivity contribution < 1.29 is 14.3 Å². The molecule has 2 N–H and O–H groups in total. The molecule has 1 atom stereocenters. The Bertz CT molecular complexity index is 206. The normalized spacial score (nSPS) is 15.9. The van der Waals surface area contributed by atoms with E-state index in [0.29, 0.717) is 13.0 Å². The molecule has 0 aliphatic rings. The molecule has 0 spiro atoms. The minimum Gasteiger partial charge on any atom is -0.468 e. The molecule has 0 rings (SSSR count). The SMILES string of the molecule is COC(=O)C(C)(N)CCCOC(C)(C)C. The zero-order valence-corrected chi connectivity index (χ0v) is 10.4. The molecule has 0 radical (unpaired) electrons. The zero-order chi connectivity index (χ0) is 12.1. The third-order valence-corrected chi connectivity index (χ3v) is 2.03. The largest absolute Gasteiger partial charge is 0.468 e. The number of carbonyl (C=O) groups is 1. The molecule has 0 aliphatic carbocycles. The van der Waals surface area contributed by atoms with E-state index in [9.17, 15) is 4.79 Å². The maximum Gasteiger partial charge on any atom is 0.325 e. The molecule has 90 valence electrons. The lowest BCUT2D eigenvalue weighted by molar-refractivity contribution is -0.146. The van der Waals surface area contributed by atoms with E-state index >= 15 is 0 Å². The summed E-state index contributed by atoms with van der Waals surface area (Å²) in [6.45, 7) is 8.27. The summed E-state index contributed by atoms with van der Waals surface area (Å²) in [7, 11) is 1.35. The van der Waals surface area contributed by atoms with Crippen LogP contribution in [0.2, 0.25) is 0 Å². The molecule has 4 heteroatoms. The van der Waals surface area contributed by atoms with Gasteiger partial charge in [0.05, 0.1) is 12.7 Å². The van der Waals surface area contributed by atoms with Crippen LogP contribution in [0.1, 0.15) is 40.5 Å². The highest BCUT2D eigenvalue weighted by molar-refractivity contribution is 5.79. The Kier molecular flexibility index (Phi) is 5.24. The number of hydrogen-bond acceptors (Lipinski definition) is 4. The van der Waals surface area contributed by atoms with Gasteiger partial charge in [-0.3, -0.25) is 4.79 Å². The number of hydrogen-bond donors (Lipinski definition) is 1. The Labute approximate surface area is 92.1 Å². The first-order valence-electron chi connectivity index (χ1n) is 5.20. The van der Waals surface area contributed by atoms with Crippen LogP contribution in [0, 0.1) is 0 Å². The smallest absolute Gasteiger partial charge is 0.325 e. The van der Waals surface area contributed by atoms with Crippen LogP contribution in [0.15, 0.2) is 0 Å². The van der Waals surface area contributed by atoms with E-state index in [1.165, 1.54) is 7.11 Å². The molecule has 0 saturated carbocycles. The van der Waals surface area contributed by atoms with Gasteiger partial charge < -0.3 is 15.2 Å². The second-order valence-corrected chi connectivity index (χ2v) is 4.97. The molecule has 0 heterocycles. The second kappa shape index (κ2) is 5.47. The van der Waals surface area contributed by atoms with Gasteiger partial charge in [-0.05, 0) is 40.5 Å². The van der Waals surface area contributed by atoms with Crippen LogP contribution in [0.4, 0.5) is 0 Å². The van der Waals surface area contributed by atoms with Crippen molar-refractivity contribution in [1.82, 2.24) is 0 Å². The van der Waals surface area contributed by atoms with Crippen LogP contribution in [-0.4, -0.2) is 30.8 Å².